The highest BCUT2D eigenvalue weighted by molar-refractivity contribution is 7.81. The lowest BCUT2D eigenvalue weighted by Crippen LogP contribution is -2.14. The Labute approximate surface area is 151 Å². The number of esters is 1. The molecule has 3 rings (SSSR count). The summed E-state index contributed by atoms with van der Waals surface area (Å²) in [6.07, 6.45) is 2.60. The summed E-state index contributed by atoms with van der Waals surface area (Å²) in [4.78, 5) is 12.7. The SMILES string of the molecule is CCOC(=O)c1noc(C2CC2)c1C(=S)c1ccc(F)c(C)c1CC. The summed E-state index contributed by atoms with van der Waals surface area (Å²) in [5.41, 5.74) is 2.79. The lowest BCUT2D eigenvalue weighted by molar-refractivity contribution is 0.0514. The molecule has 0 saturated heterocycles. The van der Waals surface area contributed by atoms with Gasteiger partial charge >= 0.3 is 5.97 Å². The number of rotatable bonds is 6. The third-order valence-electron chi connectivity index (χ3n) is 4.49. The van der Waals surface area contributed by atoms with Crippen molar-refractivity contribution in [2.75, 3.05) is 6.61 Å². The molecule has 1 aliphatic carbocycles. The molecule has 0 bridgehead atoms. The molecule has 1 fully saturated rings. The van der Waals surface area contributed by atoms with Crippen LogP contribution in [0, 0.1) is 12.7 Å². The van der Waals surface area contributed by atoms with E-state index in [1.165, 1.54) is 6.07 Å². The maximum Gasteiger partial charge on any atom is 0.361 e. The van der Waals surface area contributed by atoms with Crippen LogP contribution in [0.5, 0.6) is 0 Å². The largest absolute Gasteiger partial charge is 0.461 e. The second kappa shape index (κ2) is 7.04. The molecule has 0 aliphatic heterocycles. The van der Waals surface area contributed by atoms with Gasteiger partial charge in [-0.25, -0.2) is 9.18 Å². The summed E-state index contributed by atoms with van der Waals surface area (Å²) < 4.78 is 24.5. The molecule has 6 heteroatoms. The van der Waals surface area contributed by atoms with Crippen LogP contribution in [-0.4, -0.2) is 22.6 Å². The molecular formula is C19H20FNO3S. The maximum absolute atomic E-state index is 13.9. The fourth-order valence-electron chi connectivity index (χ4n) is 3.02. The quantitative estimate of drug-likeness (QED) is 0.431. The first-order valence-corrected chi connectivity index (χ1v) is 8.89. The number of thiocarbonyl (C=S) groups is 1. The summed E-state index contributed by atoms with van der Waals surface area (Å²) >= 11 is 5.69. The highest BCUT2D eigenvalue weighted by atomic mass is 32.1. The molecule has 1 heterocycles. The van der Waals surface area contributed by atoms with Crippen molar-refractivity contribution in [3.63, 3.8) is 0 Å². The zero-order chi connectivity index (χ0) is 18.1. The lowest BCUT2D eigenvalue weighted by Gasteiger charge is -2.13. The highest BCUT2D eigenvalue weighted by Crippen LogP contribution is 2.43. The van der Waals surface area contributed by atoms with Crippen LogP contribution in [0.2, 0.25) is 0 Å². The Morgan fingerprint density at radius 3 is 2.72 bits per heavy atom. The topological polar surface area (TPSA) is 52.3 Å². The molecule has 25 heavy (non-hydrogen) atoms. The van der Waals surface area contributed by atoms with E-state index < -0.39 is 5.97 Å². The van der Waals surface area contributed by atoms with E-state index >= 15 is 0 Å². The molecule has 4 nitrogen and oxygen atoms in total. The number of carbonyl (C=O) groups is 1. The van der Waals surface area contributed by atoms with Gasteiger partial charge in [0.1, 0.15) is 11.6 Å². The van der Waals surface area contributed by atoms with E-state index in [4.69, 9.17) is 21.5 Å². The van der Waals surface area contributed by atoms with Crippen molar-refractivity contribution in [1.82, 2.24) is 5.16 Å². The zero-order valence-corrected chi connectivity index (χ0v) is 15.3. The molecule has 2 aromatic rings. The van der Waals surface area contributed by atoms with Gasteiger partial charge in [0.2, 0.25) is 0 Å². The Balaban J connectivity index is 2.12. The first-order valence-electron chi connectivity index (χ1n) is 8.48. The van der Waals surface area contributed by atoms with Gasteiger partial charge in [-0.3, -0.25) is 0 Å². The number of benzene rings is 1. The lowest BCUT2D eigenvalue weighted by atomic mass is 9.92. The van der Waals surface area contributed by atoms with E-state index in [9.17, 15) is 9.18 Å². The Kier molecular flexibility index (Phi) is 4.99. The van der Waals surface area contributed by atoms with Crippen molar-refractivity contribution in [3.05, 3.63) is 51.7 Å². The van der Waals surface area contributed by atoms with Crippen LogP contribution in [0.4, 0.5) is 4.39 Å². The standard InChI is InChI=1S/C19H20FNO3S/c1-4-12-10(3)14(20)9-8-13(12)18(25)15-16(19(22)23-5-2)21-24-17(15)11-6-7-11/h8-9,11H,4-7H2,1-3H3. The van der Waals surface area contributed by atoms with Crippen molar-refractivity contribution in [2.24, 2.45) is 0 Å². The minimum atomic E-state index is -0.549. The summed E-state index contributed by atoms with van der Waals surface area (Å²) in [5.74, 6) is 0.0569. The van der Waals surface area contributed by atoms with Crippen LogP contribution >= 0.6 is 12.2 Å². The van der Waals surface area contributed by atoms with Gasteiger partial charge in [-0.05, 0) is 55.9 Å². The van der Waals surface area contributed by atoms with Crippen molar-refractivity contribution in [3.8, 4) is 0 Å². The number of hydrogen-bond donors (Lipinski definition) is 0. The smallest absolute Gasteiger partial charge is 0.361 e. The minimum Gasteiger partial charge on any atom is -0.461 e. The van der Waals surface area contributed by atoms with Crippen molar-refractivity contribution < 1.29 is 18.4 Å². The molecule has 0 spiro atoms. The Morgan fingerprint density at radius 1 is 1.40 bits per heavy atom. The first-order chi connectivity index (χ1) is 12.0. The molecular weight excluding hydrogens is 341 g/mol. The van der Waals surface area contributed by atoms with E-state index in [-0.39, 0.29) is 24.0 Å². The van der Waals surface area contributed by atoms with E-state index in [0.29, 0.717) is 28.2 Å². The second-order valence-electron chi connectivity index (χ2n) is 6.15. The van der Waals surface area contributed by atoms with Crippen LogP contribution in [0.15, 0.2) is 16.7 Å². The molecule has 0 amide bonds. The third kappa shape index (κ3) is 3.23. The number of hydrogen-bond acceptors (Lipinski definition) is 5. The van der Waals surface area contributed by atoms with E-state index in [2.05, 4.69) is 5.16 Å². The predicted octanol–water partition coefficient (Wildman–Crippen LogP) is 4.50. The predicted molar refractivity (Wildman–Crippen MR) is 95.8 cm³/mol. The summed E-state index contributed by atoms with van der Waals surface area (Å²) in [6.45, 7) is 5.67. The van der Waals surface area contributed by atoms with Gasteiger partial charge in [-0.2, -0.15) is 0 Å². The molecule has 1 aliphatic rings. The van der Waals surface area contributed by atoms with Gasteiger partial charge in [0.25, 0.3) is 0 Å². The number of ether oxygens (including phenoxy) is 1. The summed E-state index contributed by atoms with van der Waals surface area (Å²) in [7, 11) is 0. The van der Waals surface area contributed by atoms with Crippen molar-refractivity contribution >= 4 is 23.1 Å². The molecule has 0 radical (unpaired) electrons. The summed E-state index contributed by atoms with van der Waals surface area (Å²) in [5, 5.41) is 3.93. The minimum absolute atomic E-state index is 0.109. The molecule has 0 N–H and O–H groups in total. The van der Waals surface area contributed by atoms with Crippen LogP contribution < -0.4 is 0 Å². The monoisotopic (exact) mass is 361 g/mol. The Hall–Kier alpha value is -2.08. The average Bonchev–Trinajstić information content (AvgIpc) is 3.35. The number of carbonyl (C=O) groups excluding carboxylic acids is 1. The van der Waals surface area contributed by atoms with Crippen LogP contribution in [0.3, 0.4) is 0 Å². The number of nitrogens with zero attached hydrogens (tertiary/aromatic N) is 1. The van der Waals surface area contributed by atoms with Gasteiger partial charge in [-0.15, -0.1) is 0 Å². The molecule has 132 valence electrons. The van der Waals surface area contributed by atoms with E-state index in [1.807, 2.05) is 6.92 Å². The van der Waals surface area contributed by atoms with E-state index in [1.54, 1.807) is 19.9 Å². The van der Waals surface area contributed by atoms with Gasteiger partial charge in [0.05, 0.1) is 17.0 Å². The Morgan fingerprint density at radius 2 is 2.12 bits per heavy atom. The fraction of sp³-hybridized carbons (Fsp3) is 0.421. The maximum atomic E-state index is 13.9. The second-order valence-corrected chi connectivity index (χ2v) is 6.55. The van der Waals surface area contributed by atoms with Gasteiger partial charge in [0.15, 0.2) is 5.69 Å². The van der Waals surface area contributed by atoms with Gasteiger partial charge < -0.3 is 9.26 Å². The van der Waals surface area contributed by atoms with E-state index in [0.717, 1.165) is 24.0 Å². The van der Waals surface area contributed by atoms with Crippen molar-refractivity contribution in [1.29, 1.82) is 0 Å². The van der Waals surface area contributed by atoms with Gasteiger partial charge in [0, 0.05) is 5.92 Å². The van der Waals surface area contributed by atoms with Crippen molar-refractivity contribution in [2.45, 2.75) is 46.0 Å². The zero-order valence-electron chi connectivity index (χ0n) is 14.5. The highest BCUT2D eigenvalue weighted by Gasteiger charge is 2.36. The first kappa shape index (κ1) is 17.7. The van der Waals surface area contributed by atoms with Crippen LogP contribution in [0.1, 0.15) is 71.1 Å². The average molecular weight is 361 g/mol. The fourth-order valence-corrected chi connectivity index (χ4v) is 3.40. The third-order valence-corrected chi connectivity index (χ3v) is 4.92. The summed E-state index contributed by atoms with van der Waals surface area (Å²) in [6, 6.07) is 3.08. The van der Waals surface area contributed by atoms with Crippen LogP contribution in [-0.2, 0) is 11.2 Å². The molecule has 0 unspecified atom stereocenters. The number of aromatic nitrogens is 1. The van der Waals surface area contributed by atoms with Gasteiger partial charge in [-0.1, -0.05) is 30.4 Å². The molecule has 1 aromatic heterocycles. The molecule has 1 saturated carbocycles. The molecule has 0 atom stereocenters. The normalized spacial score (nSPS) is 13.8. The number of halogens is 1. The van der Waals surface area contributed by atoms with Crippen LogP contribution in [0.25, 0.3) is 0 Å². The Bertz CT molecular complexity index is 839. The molecule has 1 aromatic carbocycles.